The minimum atomic E-state index is -0.180. The summed E-state index contributed by atoms with van der Waals surface area (Å²) in [6.45, 7) is 4.06. The van der Waals surface area contributed by atoms with E-state index in [2.05, 4.69) is 20.2 Å². The summed E-state index contributed by atoms with van der Waals surface area (Å²) in [6.07, 6.45) is 3.18. The molecular formula is C15H14N4O. The number of hydrogen-bond acceptors (Lipinski definition) is 3. The molecule has 3 rings (SSSR count). The van der Waals surface area contributed by atoms with Gasteiger partial charge in [0.05, 0.1) is 11.3 Å². The van der Waals surface area contributed by atoms with E-state index in [4.69, 9.17) is 0 Å². The molecule has 0 saturated heterocycles. The van der Waals surface area contributed by atoms with E-state index < -0.39 is 0 Å². The number of hydrogen-bond donors (Lipinski definition) is 2. The summed E-state index contributed by atoms with van der Waals surface area (Å²) >= 11 is 0. The van der Waals surface area contributed by atoms with Gasteiger partial charge in [-0.2, -0.15) is 5.10 Å². The average Bonchev–Trinajstić information content (AvgIpc) is 2.95. The Balaban J connectivity index is 2.12. The molecule has 0 saturated carbocycles. The van der Waals surface area contributed by atoms with Crippen molar-refractivity contribution >= 4 is 0 Å². The molecule has 0 aliphatic heterocycles. The number of nitrogens with one attached hydrogen (secondary N) is 2. The van der Waals surface area contributed by atoms with Gasteiger partial charge in [0, 0.05) is 18.0 Å². The monoisotopic (exact) mass is 266 g/mol. The third-order valence-corrected chi connectivity index (χ3v) is 3.45. The minimum Gasteiger partial charge on any atom is -0.306 e. The topological polar surface area (TPSA) is 74.4 Å². The Morgan fingerprint density at radius 2 is 1.95 bits per heavy atom. The first kappa shape index (κ1) is 12.3. The molecule has 20 heavy (non-hydrogen) atoms. The van der Waals surface area contributed by atoms with Gasteiger partial charge in [-0.25, -0.2) is 4.98 Å². The number of rotatable bonds is 2. The number of benzene rings is 1. The lowest BCUT2D eigenvalue weighted by atomic mass is 10.0. The zero-order chi connectivity index (χ0) is 14.1. The SMILES string of the molecule is Cc1cccc(-c2ncc(-c3ccn[nH]3)c(=O)[nH]2)c1C. The first-order valence-electron chi connectivity index (χ1n) is 6.32. The van der Waals surface area contributed by atoms with Gasteiger partial charge < -0.3 is 4.98 Å². The molecule has 100 valence electrons. The highest BCUT2D eigenvalue weighted by Crippen LogP contribution is 2.22. The molecule has 0 unspecified atom stereocenters. The molecule has 3 aromatic rings. The fourth-order valence-corrected chi connectivity index (χ4v) is 2.14. The normalized spacial score (nSPS) is 10.7. The van der Waals surface area contributed by atoms with Gasteiger partial charge in [-0.3, -0.25) is 9.89 Å². The molecule has 0 amide bonds. The fourth-order valence-electron chi connectivity index (χ4n) is 2.14. The van der Waals surface area contributed by atoms with Crippen LogP contribution in [0, 0.1) is 13.8 Å². The van der Waals surface area contributed by atoms with E-state index in [0.29, 0.717) is 17.1 Å². The summed E-state index contributed by atoms with van der Waals surface area (Å²) in [7, 11) is 0. The molecule has 0 fully saturated rings. The molecule has 0 radical (unpaired) electrons. The molecule has 2 N–H and O–H groups in total. The Morgan fingerprint density at radius 3 is 2.65 bits per heavy atom. The molecule has 0 bridgehead atoms. The molecule has 5 heteroatoms. The molecule has 0 aliphatic carbocycles. The van der Waals surface area contributed by atoms with E-state index in [-0.39, 0.29) is 5.56 Å². The Kier molecular flexibility index (Phi) is 2.95. The second-order valence-corrected chi connectivity index (χ2v) is 4.69. The summed E-state index contributed by atoms with van der Waals surface area (Å²) < 4.78 is 0. The van der Waals surface area contributed by atoms with Crippen molar-refractivity contribution in [2.75, 3.05) is 0 Å². The molecule has 0 spiro atoms. The highest BCUT2D eigenvalue weighted by molar-refractivity contribution is 5.63. The van der Waals surface area contributed by atoms with Crippen LogP contribution in [0.25, 0.3) is 22.6 Å². The van der Waals surface area contributed by atoms with Crippen molar-refractivity contribution in [3.8, 4) is 22.6 Å². The number of aryl methyl sites for hydroxylation is 1. The van der Waals surface area contributed by atoms with Crippen molar-refractivity contribution < 1.29 is 0 Å². The Hall–Kier alpha value is -2.69. The quantitative estimate of drug-likeness (QED) is 0.748. The highest BCUT2D eigenvalue weighted by atomic mass is 16.1. The van der Waals surface area contributed by atoms with Crippen LogP contribution < -0.4 is 5.56 Å². The zero-order valence-electron chi connectivity index (χ0n) is 11.3. The highest BCUT2D eigenvalue weighted by Gasteiger charge is 2.10. The summed E-state index contributed by atoms with van der Waals surface area (Å²) in [6, 6.07) is 7.69. The lowest BCUT2D eigenvalue weighted by Gasteiger charge is -2.08. The third kappa shape index (κ3) is 2.03. The fraction of sp³-hybridized carbons (Fsp3) is 0.133. The van der Waals surface area contributed by atoms with E-state index >= 15 is 0 Å². The Bertz CT molecular complexity index is 803. The summed E-state index contributed by atoms with van der Waals surface area (Å²) in [5.41, 5.74) is 4.19. The molecule has 0 atom stereocenters. The van der Waals surface area contributed by atoms with Crippen LogP contribution >= 0.6 is 0 Å². The predicted molar refractivity (Wildman–Crippen MR) is 77.3 cm³/mol. The number of aromatic amines is 2. The Labute approximate surface area is 115 Å². The summed E-state index contributed by atoms with van der Waals surface area (Å²) in [5, 5.41) is 6.60. The van der Waals surface area contributed by atoms with Crippen molar-refractivity contribution in [1.29, 1.82) is 0 Å². The van der Waals surface area contributed by atoms with Gasteiger partial charge in [0.15, 0.2) is 0 Å². The van der Waals surface area contributed by atoms with Crippen LogP contribution in [0.3, 0.4) is 0 Å². The van der Waals surface area contributed by atoms with E-state index in [9.17, 15) is 4.79 Å². The van der Waals surface area contributed by atoms with Gasteiger partial charge in [0.2, 0.25) is 0 Å². The van der Waals surface area contributed by atoms with Crippen LogP contribution in [0.4, 0.5) is 0 Å². The molecule has 5 nitrogen and oxygen atoms in total. The van der Waals surface area contributed by atoms with E-state index in [1.807, 2.05) is 32.0 Å². The van der Waals surface area contributed by atoms with Crippen LogP contribution in [0.15, 0.2) is 41.5 Å². The van der Waals surface area contributed by atoms with Crippen molar-refractivity contribution in [3.05, 3.63) is 58.1 Å². The van der Waals surface area contributed by atoms with Crippen LogP contribution in [0.2, 0.25) is 0 Å². The number of nitrogens with zero attached hydrogens (tertiary/aromatic N) is 2. The minimum absolute atomic E-state index is 0.180. The molecule has 1 aromatic carbocycles. The Morgan fingerprint density at radius 1 is 1.10 bits per heavy atom. The first-order chi connectivity index (χ1) is 9.66. The van der Waals surface area contributed by atoms with Crippen molar-refractivity contribution in [3.63, 3.8) is 0 Å². The van der Waals surface area contributed by atoms with Crippen LogP contribution in [-0.4, -0.2) is 20.2 Å². The van der Waals surface area contributed by atoms with Gasteiger partial charge in [-0.05, 0) is 31.0 Å². The summed E-state index contributed by atoms with van der Waals surface area (Å²) in [4.78, 5) is 19.4. The van der Waals surface area contributed by atoms with Gasteiger partial charge in [0.25, 0.3) is 5.56 Å². The average molecular weight is 266 g/mol. The number of H-pyrrole nitrogens is 2. The van der Waals surface area contributed by atoms with Gasteiger partial charge >= 0.3 is 0 Å². The van der Waals surface area contributed by atoms with Crippen LogP contribution in [-0.2, 0) is 0 Å². The maximum absolute atomic E-state index is 12.2. The molecule has 2 heterocycles. The second-order valence-electron chi connectivity index (χ2n) is 4.69. The zero-order valence-corrected chi connectivity index (χ0v) is 11.3. The van der Waals surface area contributed by atoms with Gasteiger partial charge in [-0.1, -0.05) is 18.2 Å². The molecule has 0 aliphatic rings. The van der Waals surface area contributed by atoms with Crippen molar-refractivity contribution in [2.24, 2.45) is 0 Å². The third-order valence-electron chi connectivity index (χ3n) is 3.45. The van der Waals surface area contributed by atoms with E-state index in [1.165, 1.54) is 5.56 Å². The van der Waals surface area contributed by atoms with Crippen molar-refractivity contribution in [1.82, 2.24) is 20.2 Å². The van der Waals surface area contributed by atoms with E-state index in [0.717, 1.165) is 11.1 Å². The maximum Gasteiger partial charge on any atom is 0.260 e. The number of aromatic nitrogens is 4. The standard InChI is InChI=1S/C15H14N4O/c1-9-4-3-5-11(10(9)2)14-16-8-12(15(20)18-14)13-6-7-17-19-13/h3-8H,1-2H3,(H,17,19)(H,16,18,20). The maximum atomic E-state index is 12.2. The van der Waals surface area contributed by atoms with Crippen LogP contribution in [0.5, 0.6) is 0 Å². The molecule has 2 aromatic heterocycles. The van der Waals surface area contributed by atoms with Crippen LogP contribution in [0.1, 0.15) is 11.1 Å². The lowest BCUT2D eigenvalue weighted by molar-refractivity contribution is 1.07. The van der Waals surface area contributed by atoms with Crippen molar-refractivity contribution in [2.45, 2.75) is 13.8 Å². The smallest absolute Gasteiger partial charge is 0.260 e. The predicted octanol–water partition coefficient (Wildman–Crippen LogP) is 2.44. The summed E-state index contributed by atoms with van der Waals surface area (Å²) in [5.74, 6) is 0.583. The van der Waals surface area contributed by atoms with Gasteiger partial charge in [-0.15, -0.1) is 0 Å². The molecular weight excluding hydrogens is 252 g/mol. The van der Waals surface area contributed by atoms with E-state index in [1.54, 1.807) is 18.5 Å². The lowest BCUT2D eigenvalue weighted by Crippen LogP contribution is -2.12. The largest absolute Gasteiger partial charge is 0.306 e. The second kappa shape index (κ2) is 4.77. The first-order valence-corrected chi connectivity index (χ1v) is 6.32. The van der Waals surface area contributed by atoms with Gasteiger partial charge in [0.1, 0.15) is 5.82 Å².